The number of para-hydroxylation sites is 1. The fourth-order valence-corrected chi connectivity index (χ4v) is 4.24. The van der Waals surface area contributed by atoms with Gasteiger partial charge in [0.25, 0.3) is 0 Å². The number of nitrogen functional groups attached to an aromatic ring is 1. The molecule has 3 aromatic rings. The standard InChI is InChI=1S/C19H24N6OS/c1-13(2)26-17-12-16(22-18(20)23-17)24-8-5-9-25(11-10-24)19-21-14-6-3-4-7-15(14)27-19/h3-4,6-7,12-13H,5,8-11H2,1-2H3,(H2,20,22,23). The maximum atomic E-state index is 5.89. The van der Waals surface area contributed by atoms with Crippen LogP contribution in [-0.2, 0) is 0 Å². The lowest BCUT2D eigenvalue weighted by atomic mass is 10.3. The molecule has 2 N–H and O–H groups in total. The van der Waals surface area contributed by atoms with E-state index >= 15 is 0 Å². The van der Waals surface area contributed by atoms with Gasteiger partial charge in [0.1, 0.15) is 5.82 Å². The SMILES string of the molecule is CC(C)Oc1cc(N2CCCN(c3nc4ccccc4s3)CC2)nc(N)n1. The second-order valence-corrected chi connectivity index (χ2v) is 7.89. The molecule has 0 spiro atoms. The van der Waals surface area contributed by atoms with Gasteiger partial charge in [-0.3, -0.25) is 0 Å². The van der Waals surface area contributed by atoms with Crippen molar-refractivity contribution in [3.05, 3.63) is 30.3 Å². The number of anilines is 3. The number of hydrogen-bond donors (Lipinski definition) is 1. The number of rotatable bonds is 4. The molecule has 0 amide bonds. The highest BCUT2D eigenvalue weighted by Crippen LogP contribution is 2.29. The van der Waals surface area contributed by atoms with Gasteiger partial charge in [0, 0.05) is 32.2 Å². The van der Waals surface area contributed by atoms with Crippen LogP contribution in [0.4, 0.5) is 16.9 Å². The molecule has 1 aliphatic heterocycles. The van der Waals surface area contributed by atoms with Crippen molar-refractivity contribution in [3.63, 3.8) is 0 Å². The lowest BCUT2D eigenvalue weighted by Crippen LogP contribution is -2.31. The molecule has 3 heterocycles. The Kier molecular flexibility index (Phi) is 4.98. The van der Waals surface area contributed by atoms with Crippen molar-refractivity contribution in [2.45, 2.75) is 26.4 Å². The molecule has 0 saturated carbocycles. The normalized spacial score (nSPS) is 15.4. The summed E-state index contributed by atoms with van der Waals surface area (Å²) in [7, 11) is 0. The van der Waals surface area contributed by atoms with E-state index in [1.165, 1.54) is 4.70 Å². The van der Waals surface area contributed by atoms with E-state index in [0.29, 0.717) is 5.88 Å². The van der Waals surface area contributed by atoms with Crippen LogP contribution >= 0.6 is 11.3 Å². The van der Waals surface area contributed by atoms with Crippen LogP contribution in [-0.4, -0.2) is 47.2 Å². The van der Waals surface area contributed by atoms with Crippen LogP contribution in [0.2, 0.25) is 0 Å². The summed E-state index contributed by atoms with van der Waals surface area (Å²) >= 11 is 1.75. The average Bonchev–Trinajstić information content (AvgIpc) is 2.89. The molecule has 142 valence electrons. The van der Waals surface area contributed by atoms with Crippen LogP contribution in [0.1, 0.15) is 20.3 Å². The second kappa shape index (κ2) is 7.56. The summed E-state index contributed by atoms with van der Waals surface area (Å²) in [5.41, 5.74) is 6.96. The minimum Gasteiger partial charge on any atom is -0.475 e. The molecule has 0 unspecified atom stereocenters. The molecule has 0 bridgehead atoms. The minimum absolute atomic E-state index is 0.0470. The Bertz CT molecular complexity index is 894. The monoisotopic (exact) mass is 384 g/mol. The van der Waals surface area contributed by atoms with Crippen LogP contribution in [0.25, 0.3) is 10.2 Å². The van der Waals surface area contributed by atoms with Crippen molar-refractivity contribution in [2.24, 2.45) is 0 Å². The summed E-state index contributed by atoms with van der Waals surface area (Å²) < 4.78 is 6.93. The number of hydrogen-bond acceptors (Lipinski definition) is 8. The number of aromatic nitrogens is 3. The first-order chi connectivity index (χ1) is 13.1. The highest BCUT2D eigenvalue weighted by molar-refractivity contribution is 7.22. The molecule has 4 rings (SSSR count). The van der Waals surface area contributed by atoms with E-state index in [9.17, 15) is 0 Å². The predicted octanol–water partition coefficient (Wildman–Crippen LogP) is 3.17. The van der Waals surface area contributed by atoms with E-state index in [-0.39, 0.29) is 12.1 Å². The largest absolute Gasteiger partial charge is 0.475 e. The van der Waals surface area contributed by atoms with Crippen LogP contribution in [0.5, 0.6) is 5.88 Å². The Hall–Kier alpha value is -2.61. The number of thiazole rings is 1. The lowest BCUT2D eigenvalue weighted by molar-refractivity contribution is 0.232. The topological polar surface area (TPSA) is 80.4 Å². The quantitative estimate of drug-likeness (QED) is 0.740. The number of fused-ring (bicyclic) bond motifs is 1. The molecular formula is C19H24N6OS. The summed E-state index contributed by atoms with van der Waals surface area (Å²) in [5.74, 6) is 1.60. The third-order valence-corrected chi connectivity index (χ3v) is 5.53. The van der Waals surface area contributed by atoms with Crippen LogP contribution in [0.15, 0.2) is 30.3 Å². The summed E-state index contributed by atoms with van der Waals surface area (Å²) in [6, 6.07) is 10.2. The lowest BCUT2D eigenvalue weighted by Gasteiger charge is -2.23. The fourth-order valence-electron chi connectivity index (χ4n) is 3.23. The van der Waals surface area contributed by atoms with Crippen LogP contribution in [0, 0.1) is 0 Å². The van der Waals surface area contributed by atoms with Crippen molar-refractivity contribution in [2.75, 3.05) is 41.7 Å². The first kappa shape index (κ1) is 17.8. The van der Waals surface area contributed by atoms with Gasteiger partial charge in [-0.25, -0.2) is 4.98 Å². The molecule has 0 aliphatic carbocycles. The predicted molar refractivity (Wildman–Crippen MR) is 111 cm³/mol. The van der Waals surface area contributed by atoms with Gasteiger partial charge >= 0.3 is 0 Å². The average molecular weight is 385 g/mol. The molecule has 27 heavy (non-hydrogen) atoms. The highest BCUT2D eigenvalue weighted by Gasteiger charge is 2.20. The van der Waals surface area contributed by atoms with E-state index < -0.39 is 0 Å². The van der Waals surface area contributed by atoms with Gasteiger partial charge in [-0.05, 0) is 32.4 Å². The molecule has 1 aromatic carbocycles. The van der Waals surface area contributed by atoms with Crippen molar-refractivity contribution in [1.29, 1.82) is 0 Å². The molecule has 0 radical (unpaired) electrons. The van der Waals surface area contributed by atoms with E-state index in [4.69, 9.17) is 15.5 Å². The van der Waals surface area contributed by atoms with Crippen molar-refractivity contribution >= 4 is 38.5 Å². The highest BCUT2D eigenvalue weighted by atomic mass is 32.1. The fraction of sp³-hybridized carbons (Fsp3) is 0.421. The van der Waals surface area contributed by atoms with Gasteiger partial charge in [0.05, 0.1) is 16.3 Å². The zero-order chi connectivity index (χ0) is 18.8. The molecule has 1 saturated heterocycles. The number of ether oxygens (including phenoxy) is 1. The Morgan fingerprint density at radius 2 is 1.81 bits per heavy atom. The van der Waals surface area contributed by atoms with Gasteiger partial charge < -0.3 is 20.3 Å². The summed E-state index contributed by atoms with van der Waals surface area (Å²) in [4.78, 5) is 18.0. The summed E-state index contributed by atoms with van der Waals surface area (Å²) in [6.07, 6.45) is 1.08. The van der Waals surface area contributed by atoms with Gasteiger partial charge in [-0.15, -0.1) is 0 Å². The Morgan fingerprint density at radius 3 is 2.63 bits per heavy atom. The molecule has 0 atom stereocenters. The first-order valence-corrected chi connectivity index (χ1v) is 10.1. The zero-order valence-electron chi connectivity index (χ0n) is 15.6. The maximum Gasteiger partial charge on any atom is 0.225 e. The second-order valence-electron chi connectivity index (χ2n) is 6.88. The van der Waals surface area contributed by atoms with Gasteiger partial charge in [-0.2, -0.15) is 9.97 Å². The Morgan fingerprint density at radius 1 is 1.04 bits per heavy atom. The summed E-state index contributed by atoms with van der Waals surface area (Å²) in [6.45, 7) is 7.59. The van der Waals surface area contributed by atoms with E-state index in [1.54, 1.807) is 11.3 Å². The molecule has 7 nitrogen and oxygen atoms in total. The van der Waals surface area contributed by atoms with Crippen LogP contribution < -0.4 is 20.3 Å². The third kappa shape index (κ3) is 4.05. The van der Waals surface area contributed by atoms with Gasteiger partial charge in [0.2, 0.25) is 11.8 Å². The summed E-state index contributed by atoms with van der Waals surface area (Å²) in [5, 5.41) is 1.09. The molecular weight excluding hydrogens is 360 g/mol. The smallest absolute Gasteiger partial charge is 0.225 e. The number of nitrogens with zero attached hydrogens (tertiary/aromatic N) is 5. The van der Waals surface area contributed by atoms with E-state index in [1.807, 2.05) is 26.0 Å². The molecule has 8 heteroatoms. The Labute approximate surface area is 162 Å². The first-order valence-electron chi connectivity index (χ1n) is 9.25. The molecule has 1 aliphatic rings. The van der Waals surface area contributed by atoms with Gasteiger partial charge in [0.15, 0.2) is 5.13 Å². The van der Waals surface area contributed by atoms with Gasteiger partial charge in [-0.1, -0.05) is 23.5 Å². The van der Waals surface area contributed by atoms with Crippen LogP contribution in [0.3, 0.4) is 0 Å². The maximum absolute atomic E-state index is 5.89. The molecule has 1 fully saturated rings. The van der Waals surface area contributed by atoms with Crippen molar-refractivity contribution in [1.82, 2.24) is 15.0 Å². The number of benzene rings is 1. The molecule has 2 aromatic heterocycles. The van der Waals surface area contributed by atoms with Crippen molar-refractivity contribution < 1.29 is 4.74 Å². The number of nitrogens with two attached hydrogens (primary N) is 1. The van der Waals surface area contributed by atoms with Crippen molar-refractivity contribution in [3.8, 4) is 5.88 Å². The Balaban J connectivity index is 1.50. The third-order valence-electron chi connectivity index (χ3n) is 4.44. The van der Waals surface area contributed by atoms with E-state index in [0.717, 1.165) is 49.1 Å². The van der Waals surface area contributed by atoms with E-state index in [2.05, 4.69) is 38.0 Å². The minimum atomic E-state index is 0.0470. The zero-order valence-corrected chi connectivity index (χ0v) is 16.4.